The lowest BCUT2D eigenvalue weighted by atomic mass is 10.0. The number of rotatable bonds is 5. The first-order valence-electron chi connectivity index (χ1n) is 9.59. The van der Waals surface area contributed by atoms with E-state index >= 15 is 0 Å². The highest BCUT2D eigenvalue weighted by Crippen LogP contribution is 2.31. The van der Waals surface area contributed by atoms with E-state index in [0.717, 1.165) is 34.6 Å². The molecule has 2 aromatic carbocycles. The predicted molar refractivity (Wildman–Crippen MR) is 114 cm³/mol. The van der Waals surface area contributed by atoms with E-state index in [1.807, 2.05) is 61.5 Å². The van der Waals surface area contributed by atoms with Crippen LogP contribution >= 0.6 is 11.6 Å². The molecule has 4 rings (SSSR count). The van der Waals surface area contributed by atoms with Crippen LogP contribution in [0.25, 0.3) is 6.08 Å². The lowest BCUT2D eigenvalue weighted by molar-refractivity contribution is -0.117. The van der Waals surface area contributed by atoms with Gasteiger partial charge in [-0.3, -0.25) is 4.79 Å². The maximum absolute atomic E-state index is 12.5. The maximum atomic E-state index is 12.5. The number of aryl methyl sites for hydroxylation is 1. The summed E-state index contributed by atoms with van der Waals surface area (Å²) in [5.41, 5.74) is 3.66. The molecule has 0 saturated heterocycles. The normalized spacial score (nSPS) is 15.7. The van der Waals surface area contributed by atoms with Gasteiger partial charge in [0.05, 0.1) is 24.9 Å². The van der Waals surface area contributed by atoms with Gasteiger partial charge in [-0.15, -0.1) is 0 Å². The van der Waals surface area contributed by atoms with E-state index < -0.39 is 0 Å². The molecule has 0 saturated carbocycles. The van der Waals surface area contributed by atoms with Crippen molar-refractivity contribution in [2.45, 2.75) is 25.9 Å². The summed E-state index contributed by atoms with van der Waals surface area (Å²) in [5.74, 6) is 0.659. The van der Waals surface area contributed by atoms with Crippen LogP contribution in [-0.4, -0.2) is 22.3 Å². The number of ether oxygens (including phenoxy) is 1. The Kier molecular flexibility index (Phi) is 5.67. The van der Waals surface area contributed by atoms with Crippen LogP contribution in [0.5, 0.6) is 5.75 Å². The van der Waals surface area contributed by atoms with Crippen molar-refractivity contribution < 1.29 is 9.53 Å². The molecule has 148 valence electrons. The summed E-state index contributed by atoms with van der Waals surface area (Å²) in [5, 5.41) is 8.09. The number of hydrogen-bond donors (Lipinski definition) is 1. The van der Waals surface area contributed by atoms with Crippen LogP contribution < -0.4 is 10.1 Å². The average molecular weight is 408 g/mol. The van der Waals surface area contributed by atoms with E-state index in [2.05, 4.69) is 10.4 Å². The molecule has 2 heterocycles. The number of carbonyl (C=O) groups excluding carboxylic acids is 1. The van der Waals surface area contributed by atoms with Gasteiger partial charge in [-0.25, -0.2) is 4.68 Å². The summed E-state index contributed by atoms with van der Waals surface area (Å²) in [6, 6.07) is 17.7. The first-order valence-corrected chi connectivity index (χ1v) is 9.97. The molecule has 6 heteroatoms. The Hall–Kier alpha value is -3.05. The van der Waals surface area contributed by atoms with Gasteiger partial charge in [-0.05, 0) is 24.6 Å². The van der Waals surface area contributed by atoms with E-state index in [0.29, 0.717) is 18.3 Å². The number of nitrogens with one attached hydrogen (secondary N) is 1. The van der Waals surface area contributed by atoms with Crippen molar-refractivity contribution in [3.8, 4) is 5.75 Å². The molecule has 1 N–H and O–H groups in total. The van der Waals surface area contributed by atoms with Crippen molar-refractivity contribution in [1.82, 2.24) is 15.1 Å². The van der Waals surface area contributed by atoms with Crippen molar-refractivity contribution in [1.29, 1.82) is 0 Å². The zero-order valence-corrected chi connectivity index (χ0v) is 16.9. The Balaban J connectivity index is 1.46. The standard InChI is InChI=1S/C23H22ClN3O2/c1-16-18(23(24)27(26-16)15-17-7-3-2-4-8-17)11-12-22(28)25-20-13-14-29-21-10-6-5-9-19(20)21/h2-12,20H,13-15H2,1H3,(H,25,28)/b12-11+/t20-/m1/s1. The number of carbonyl (C=O) groups is 1. The first kappa shape index (κ1) is 19.3. The minimum absolute atomic E-state index is 0.0607. The van der Waals surface area contributed by atoms with Gasteiger partial charge in [-0.1, -0.05) is 60.1 Å². The molecule has 5 nitrogen and oxygen atoms in total. The highest BCUT2D eigenvalue weighted by Gasteiger charge is 2.22. The van der Waals surface area contributed by atoms with Crippen LogP contribution in [-0.2, 0) is 11.3 Å². The van der Waals surface area contributed by atoms with Crippen molar-refractivity contribution in [3.63, 3.8) is 0 Å². The summed E-state index contributed by atoms with van der Waals surface area (Å²) in [7, 11) is 0. The molecule has 0 unspecified atom stereocenters. The second kappa shape index (κ2) is 8.53. The lowest BCUT2D eigenvalue weighted by Crippen LogP contribution is -2.30. The molecule has 29 heavy (non-hydrogen) atoms. The molecule has 1 atom stereocenters. The molecule has 0 spiro atoms. The van der Waals surface area contributed by atoms with Gasteiger partial charge in [0.1, 0.15) is 10.9 Å². The molecular formula is C23H22ClN3O2. The monoisotopic (exact) mass is 407 g/mol. The molecule has 3 aromatic rings. The summed E-state index contributed by atoms with van der Waals surface area (Å²) in [6.45, 7) is 3.06. The Morgan fingerprint density at radius 2 is 2.00 bits per heavy atom. The quantitative estimate of drug-likeness (QED) is 0.631. The van der Waals surface area contributed by atoms with E-state index in [1.54, 1.807) is 10.8 Å². The molecule has 1 aliphatic rings. The van der Waals surface area contributed by atoms with Gasteiger partial charge in [0.15, 0.2) is 0 Å². The SMILES string of the molecule is Cc1nn(Cc2ccccc2)c(Cl)c1/C=C/C(=O)N[C@@H]1CCOc2ccccc21. The molecule has 1 aliphatic heterocycles. The number of amides is 1. The van der Waals surface area contributed by atoms with Crippen molar-refractivity contribution in [2.24, 2.45) is 0 Å². The van der Waals surface area contributed by atoms with E-state index in [1.165, 1.54) is 6.08 Å². The summed E-state index contributed by atoms with van der Waals surface area (Å²) in [4.78, 5) is 12.5. The number of para-hydroxylation sites is 1. The molecule has 1 amide bonds. The second-order valence-corrected chi connectivity index (χ2v) is 7.36. The van der Waals surface area contributed by atoms with Crippen molar-refractivity contribution >= 4 is 23.6 Å². The van der Waals surface area contributed by atoms with E-state index in [-0.39, 0.29) is 11.9 Å². The predicted octanol–water partition coefficient (Wildman–Crippen LogP) is 4.55. The zero-order chi connectivity index (χ0) is 20.2. The average Bonchev–Trinajstić information content (AvgIpc) is 3.00. The number of hydrogen-bond acceptors (Lipinski definition) is 3. The smallest absolute Gasteiger partial charge is 0.244 e. The molecule has 0 aliphatic carbocycles. The zero-order valence-electron chi connectivity index (χ0n) is 16.1. The first-order chi connectivity index (χ1) is 14.1. The molecule has 0 radical (unpaired) electrons. The number of halogens is 1. The topological polar surface area (TPSA) is 56.2 Å². The van der Waals surface area contributed by atoms with Gasteiger partial charge in [-0.2, -0.15) is 5.10 Å². The van der Waals surface area contributed by atoms with Crippen LogP contribution in [0.2, 0.25) is 5.15 Å². The molecule has 1 aromatic heterocycles. The fourth-order valence-corrected chi connectivity index (χ4v) is 3.79. The summed E-state index contributed by atoms with van der Waals surface area (Å²) in [6.07, 6.45) is 3.99. The largest absolute Gasteiger partial charge is 0.493 e. The minimum Gasteiger partial charge on any atom is -0.493 e. The summed E-state index contributed by atoms with van der Waals surface area (Å²) >= 11 is 6.52. The Morgan fingerprint density at radius 3 is 2.83 bits per heavy atom. The van der Waals surface area contributed by atoms with Gasteiger partial charge < -0.3 is 10.1 Å². The van der Waals surface area contributed by atoms with Crippen molar-refractivity contribution in [2.75, 3.05) is 6.61 Å². The third-order valence-electron chi connectivity index (χ3n) is 4.96. The highest BCUT2D eigenvalue weighted by atomic mass is 35.5. The maximum Gasteiger partial charge on any atom is 0.244 e. The van der Waals surface area contributed by atoms with Gasteiger partial charge in [0.2, 0.25) is 5.91 Å². The van der Waals surface area contributed by atoms with Crippen LogP contribution in [0.3, 0.4) is 0 Å². The number of benzene rings is 2. The van der Waals surface area contributed by atoms with E-state index in [9.17, 15) is 4.79 Å². The highest BCUT2D eigenvalue weighted by molar-refractivity contribution is 6.31. The van der Waals surface area contributed by atoms with E-state index in [4.69, 9.17) is 16.3 Å². The Morgan fingerprint density at radius 1 is 1.24 bits per heavy atom. The third kappa shape index (κ3) is 4.35. The van der Waals surface area contributed by atoms with Crippen LogP contribution in [0.15, 0.2) is 60.7 Å². The van der Waals surface area contributed by atoms with Crippen LogP contribution in [0, 0.1) is 6.92 Å². The molecule has 0 fully saturated rings. The second-order valence-electron chi connectivity index (χ2n) is 7.00. The lowest BCUT2D eigenvalue weighted by Gasteiger charge is -2.26. The number of aromatic nitrogens is 2. The minimum atomic E-state index is -0.169. The van der Waals surface area contributed by atoms with Crippen molar-refractivity contribution in [3.05, 3.63) is 88.2 Å². The number of nitrogens with zero attached hydrogens (tertiary/aromatic N) is 2. The third-order valence-corrected chi connectivity index (χ3v) is 5.36. The van der Waals surface area contributed by atoms with Crippen LogP contribution in [0.1, 0.15) is 34.8 Å². The Bertz CT molecular complexity index is 1040. The van der Waals surface area contributed by atoms with Gasteiger partial charge >= 0.3 is 0 Å². The fraction of sp³-hybridized carbons (Fsp3) is 0.217. The summed E-state index contributed by atoms with van der Waals surface area (Å²) < 4.78 is 7.40. The van der Waals surface area contributed by atoms with Gasteiger partial charge in [0, 0.05) is 23.6 Å². The van der Waals surface area contributed by atoms with Gasteiger partial charge in [0.25, 0.3) is 0 Å². The number of fused-ring (bicyclic) bond motifs is 1. The molecular weight excluding hydrogens is 386 g/mol. The van der Waals surface area contributed by atoms with Crippen LogP contribution in [0.4, 0.5) is 0 Å². The Labute approximate surface area is 175 Å². The molecule has 0 bridgehead atoms. The fourth-order valence-electron chi connectivity index (χ4n) is 3.49.